The lowest BCUT2D eigenvalue weighted by molar-refractivity contribution is -0.141. The van der Waals surface area contributed by atoms with Gasteiger partial charge in [-0.1, -0.05) is 30.3 Å². The summed E-state index contributed by atoms with van der Waals surface area (Å²) in [5.41, 5.74) is 1.75. The van der Waals surface area contributed by atoms with E-state index >= 15 is 0 Å². The maximum absolute atomic E-state index is 12.4. The zero-order valence-corrected chi connectivity index (χ0v) is 12.0. The first-order valence-electron chi connectivity index (χ1n) is 6.69. The third-order valence-corrected chi connectivity index (χ3v) is 4.39. The van der Waals surface area contributed by atoms with Gasteiger partial charge in [0.2, 0.25) is 0 Å². The van der Waals surface area contributed by atoms with E-state index in [1.807, 2.05) is 30.3 Å². The predicted molar refractivity (Wildman–Crippen MR) is 79.2 cm³/mol. The van der Waals surface area contributed by atoms with Crippen molar-refractivity contribution in [3.8, 4) is 11.3 Å². The molecule has 21 heavy (non-hydrogen) atoms. The summed E-state index contributed by atoms with van der Waals surface area (Å²) in [5.74, 6) is -1.41. The molecule has 1 N–H and O–H groups in total. The maximum atomic E-state index is 12.4. The van der Waals surface area contributed by atoms with Crippen molar-refractivity contribution in [3.63, 3.8) is 0 Å². The molecule has 1 atom stereocenters. The van der Waals surface area contributed by atoms with E-state index in [1.54, 1.807) is 11.0 Å². The van der Waals surface area contributed by atoms with Gasteiger partial charge in [0, 0.05) is 18.7 Å². The van der Waals surface area contributed by atoms with E-state index in [9.17, 15) is 9.59 Å². The SMILES string of the molecule is O=C(O)C1CCN(C(=O)c2cc(-c3ccccc3)ns2)C1. The number of hydrogen-bond acceptors (Lipinski definition) is 4. The standard InChI is InChI=1S/C15H14N2O3S/c18-14(17-7-6-11(9-17)15(19)20)13-8-12(16-21-13)10-4-2-1-3-5-10/h1-5,8,11H,6-7,9H2,(H,19,20). The van der Waals surface area contributed by atoms with Crippen LogP contribution in [0.5, 0.6) is 0 Å². The van der Waals surface area contributed by atoms with Crippen molar-refractivity contribution >= 4 is 23.4 Å². The van der Waals surface area contributed by atoms with Crippen LogP contribution in [0.1, 0.15) is 16.1 Å². The van der Waals surface area contributed by atoms with Crippen LogP contribution in [0, 0.1) is 5.92 Å². The number of carboxylic acid groups (broad SMARTS) is 1. The van der Waals surface area contributed by atoms with Crippen LogP contribution in [-0.2, 0) is 4.79 Å². The van der Waals surface area contributed by atoms with Crippen molar-refractivity contribution in [1.29, 1.82) is 0 Å². The Kier molecular flexibility index (Phi) is 3.70. The first-order chi connectivity index (χ1) is 10.1. The highest BCUT2D eigenvalue weighted by atomic mass is 32.1. The molecule has 6 heteroatoms. The van der Waals surface area contributed by atoms with Crippen LogP contribution in [0.4, 0.5) is 0 Å². The fraction of sp³-hybridized carbons (Fsp3) is 0.267. The molecule has 1 fully saturated rings. The van der Waals surface area contributed by atoms with Gasteiger partial charge < -0.3 is 10.0 Å². The predicted octanol–water partition coefficient (Wildman–Crippen LogP) is 2.36. The first kappa shape index (κ1) is 13.8. The molecule has 1 aromatic heterocycles. The molecular weight excluding hydrogens is 288 g/mol. The monoisotopic (exact) mass is 302 g/mol. The van der Waals surface area contributed by atoms with Crippen LogP contribution in [0.25, 0.3) is 11.3 Å². The zero-order chi connectivity index (χ0) is 14.8. The number of aliphatic carboxylic acids is 1. The molecule has 1 saturated heterocycles. The molecule has 1 unspecified atom stereocenters. The number of carbonyl (C=O) groups excluding carboxylic acids is 1. The molecule has 1 amide bonds. The fourth-order valence-electron chi connectivity index (χ4n) is 2.42. The average Bonchev–Trinajstić information content (AvgIpc) is 3.17. The highest BCUT2D eigenvalue weighted by molar-refractivity contribution is 7.08. The smallest absolute Gasteiger partial charge is 0.308 e. The summed E-state index contributed by atoms with van der Waals surface area (Å²) in [6.45, 7) is 0.779. The fourth-order valence-corrected chi connectivity index (χ4v) is 3.15. The number of amides is 1. The Hall–Kier alpha value is -2.21. The van der Waals surface area contributed by atoms with Gasteiger partial charge in [0.25, 0.3) is 5.91 Å². The van der Waals surface area contributed by atoms with E-state index in [4.69, 9.17) is 5.11 Å². The minimum atomic E-state index is -0.834. The van der Waals surface area contributed by atoms with Crippen molar-refractivity contribution in [2.24, 2.45) is 5.92 Å². The summed E-state index contributed by atoms with van der Waals surface area (Å²) in [7, 11) is 0. The minimum Gasteiger partial charge on any atom is -0.481 e. The van der Waals surface area contributed by atoms with Crippen molar-refractivity contribution in [3.05, 3.63) is 41.3 Å². The van der Waals surface area contributed by atoms with E-state index in [-0.39, 0.29) is 12.5 Å². The van der Waals surface area contributed by atoms with Crippen LogP contribution >= 0.6 is 11.5 Å². The van der Waals surface area contributed by atoms with Gasteiger partial charge in [0.1, 0.15) is 4.88 Å². The van der Waals surface area contributed by atoms with E-state index in [1.165, 1.54) is 0 Å². The topological polar surface area (TPSA) is 70.5 Å². The molecule has 2 aromatic rings. The lowest BCUT2D eigenvalue weighted by Gasteiger charge is -2.13. The van der Waals surface area contributed by atoms with Crippen LogP contribution < -0.4 is 0 Å². The normalized spacial score (nSPS) is 17.9. The number of aromatic nitrogens is 1. The van der Waals surface area contributed by atoms with Gasteiger partial charge in [0.15, 0.2) is 0 Å². The van der Waals surface area contributed by atoms with Crippen LogP contribution in [0.2, 0.25) is 0 Å². The molecule has 108 valence electrons. The summed E-state index contributed by atoms with van der Waals surface area (Å²) in [5, 5.41) is 8.99. The van der Waals surface area contributed by atoms with Gasteiger partial charge in [-0.3, -0.25) is 9.59 Å². The first-order valence-corrected chi connectivity index (χ1v) is 7.46. The molecule has 3 rings (SSSR count). The van der Waals surface area contributed by atoms with Gasteiger partial charge in [-0.2, -0.15) is 4.37 Å². The minimum absolute atomic E-state index is 0.126. The van der Waals surface area contributed by atoms with E-state index in [2.05, 4.69) is 4.37 Å². The van der Waals surface area contributed by atoms with Gasteiger partial charge in [0.05, 0.1) is 11.6 Å². The second-order valence-corrected chi connectivity index (χ2v) is 5.82. The molecule has 0 aliphatic carbocycles. The van der Waals surface area contributed by atoms with E-state index in [0.29, 0.717) is 17.8 Å². The lowest BCUT2D eigenvalue weighted by atomic mass is 10.1. The summed E-state index contributed by atoms with van der Waals surface area (Å²) in [4.78, 5) is 25.5. The van der Waals surface area contributed by atoms with Gasteiger partial charge in [-0.15, -0.1) is 0 Å². The van der Waals surface area contributed by atoms with Gasteiger partial charge in [-0.05, 0) is 24.0 Å². The van der Waals surface area contributed by atoms with Crippen molar-refractivity contribution in [2.45, 2.75) is 6.42 Å². The summed E-state index contributed by atoms with van der Waals surface area (Å²) in [6, 6.07) is 11.4. The molecule has 0 bridgehead atoms. The van der Waals surface area contributed by atoms with E-state index in [0.717, 1.165) is 22.8 Å². The Morgan fingerprint density at radius 3 is 2.71 bits per heavy atom. The van der Waals surface area contributed by atoms with Gasteiger partial charge >= 0.3 is 5.97 Å². The van der Waals surface area contributed by atoms with Gasteiger partial charge in [-0.25, -0.2) is 0 Å². The number of carbonyl (C=O) groups is 2. The summed E-state index contributed by atoms with van der Waals surface area (Å²) < 4.78 is 4.31. The highest BCUT2D eigenvalue weighted by Crippen LogP contribution is 2.25. The highest BCUT2D eigenvalue weighted by Gasteiger charge is 2.32. The molecule has 2 heterocycles. The van der Waals surface area contributed by atoms with Crippen molar-refractivity contribution in [1.82, 2.24) is 9.27 Å². The molecule has 5 nitrogen and oxygen atoms in total. The van der Waals surface area contributed by atoms with E-state index < -0.39 is 11.9 Å². The number of rotatable bonds is 3. The number of carboxylic acids is 1. The molecular formula is C15H14N2O3S. The number of hydrogen-bond donors (Lipinski definition) is 1. The zero-order valence-electron chi connectivity index (χ0n) is 11.2. The second kappa shape index (κ2) is 5.65. The van der Waals surface area contributed by atoms with Crippen LogP contribution in [0.15, 0.2) is 36.4 Å². The third kappa shape index (κ3) is 2.80. The largest absolute Gasteiger partial charge is 0.481 e. The Labute approximate surface area is 126 Å². The Morgan fingerprint density at radius 2 is 2.05 bits per heavy atom. The molecule has 0 saturated carbocycles. The second-order valence-electron chi connectivity index (χ2n) is 5.02. The summed E-state index contributed by atoms with van der Waals surface area (Å²) >= 11 is 1.16. The molecule has 0 spiro atoms. The Balaban J connectivity index is 1.75. The van der Waals surface area contributed by atoms with Crippen LogP contribution in [-0.4, -0.2) is 39.3 Å². The molecule has 0 radical (unpaired) electrons. The maximum Gasteiger partial charge on any atom is 0.308 e. The summed E-state index contributed by atoms with van der Waals surface area (Å²) in [6.07, 6.45) is 0.519. The Morgan fingerprint density at radius 1 is 1.29 bits per heavy atom. The van der Waals surface area contributed by atoms with Crippen molar-refractivity contribution in [2.75, 3.05) is 13.1 Å². The molecule has 1 aliphatic heterocycles. The number of benzene rings is 1. The average molecular weight is 302 g/mol. The number of likely N-dealkylation sites (tertiary alicyclic amines) is 1. The lowest BCUT2D eigenvalue weighted by Crippen LogP contribution is -2.29. The Bertz CT molecular complexity index is 669. The third-order valence-electron chi connectivity index (χ3n) is 3.62. The van der Waals surface area contributed by atoms with Crippen LogP contribution in [0.3, 0.4) is 0 Å². The number of nitrogens with zero attached hydrogens (tertiary/aromatic N) is 2. The molecule has 1 aromatic carbocycles. The quantitative estimate of drug-likeness (QED) is 0.945. The van der Waals surface area contributed by atoms with Crippen molar-refractivity contribution < 1.29 is 14.7 Å². The molecule has 1 aliphatic rings.